The van der Waals surface area contributed by atoms with E-state index in [0.29, 0.717) is 21.6 Å². The van der Waals surface area contributed by atoms with Crippen LogP contribution in [0.3, 0.4) is 0 Å². The molecule has 3 heterocycles. The molecule has 0 spiro atoms. The molecule has 0 bridgehead atoms. The highest BCUT2D eigenvalue weighted by atomic mass is 79.9. The van der Waals surface area contributed by atoms with Crippen LogP contribution in [0.15, 0.2) is 52.4 Å². The van der Waals surface area contributed by atoms with Crippen molar-refractivity contribution in [3.8, 4) is 0 Å². The van der Waals surface area contributed by atoms with E-state index >= 15 is 0 Å². The smallest absolute Gasteiger partial charge is 0.270 e. The van der Waals surface area contributed by atoms with Crippen LogP contribution in [0.25, 0.3) is 10.2 Å². The number of pyridine rings is 1. The van der Waals surface area contributed by atoms with Crippen LogP contribution in [0.4, 0.5) is 5.13 Å². The molecule has 0 aliphatic carbocycles. The molecule has 4 aromatic rings. The lowest BCUT2D eigenvalue weighted by molar-refractivity contribution is 0.0988. The second-order valence-electron chi connectivity index (χ2n) is 5.85. The van der Waals surface area contributed by atoms with Gasteiger partial charge in [0.05, 0.1) is 36.1 Å². The first kappa shape index (κ1) is 18.6. The topological polar surface area (TPSA) is 46.1 Å². The summed E-state index contributed by atoms with van der Waals surface area (Å²) in [6, 6.07) is 13.2. The van der Waals surface area contributed by atoms with E-state index in [9.17, 15) is 4.79 Å². The van der Waals surface area contributed by atoms with Gasteiger partial charge in [-0.3, -0.25) is 14.7 Å². The van der Waals surface area contributed by atoms with E-state index in [0.717, 1.165) is 25.3 Å². The molecule has 0 unspecified atom stereocenters. The molecule has 4 rings (SSSR count). The highest BCUT2D eigenvalue weighted by molar-refractivity contribution is 9.11. The third-order valence-corrected chi connectivity index (χ3v) is 7.14. The van der Waals surface area contributed by atoms with Gasteiger partial charge >= 0.3 is 0 Å². The molecular formula is C19H13BrClN3OS2. The highest BCUT2D eigenvalue weighted by Crippen LogP contribution is 2.37. The Balaban J connectivity index is 1.81. The van der Waals surface area contributed by atoms with Crippen molar-refractivity contribution in [3.63, 3.8) is 0 Å². The monoisotopic (exact) mass is 477 g/mol. The summed E-state index contributed by atoms with van der Waals surface area (Å²) < 4.78 is 1.80. The van der Waals surface area contributed by atoms with Gasteiger partial charge in [0.15, 0.2) is 5.13 Å². The van der Waals surface area contributed by atoms with Crippen LogP contribution in [0.5, 0.6) is 0 Å². The number of carbonyl (C=O) groups is 1. The number of halogens is 2. The Kier molecular flexibility index (Phi) is 5.27. The molecule has 136 valence electrons. The second-order valence-corrected chi connectivity index (χ2v) is 9.70. The first-order valence-corrected chi connectivity index (χ1v) is 10.9. The van der Waals surface area contributed by atoms with E-state index in [-0.39, 0.29) is 5.91 Å². The van der Waals surface area contributed by atoms with Gasteiger partial charge in [0.1, 0.15) is 0 Å². The molecule has 0 saturated heterocycles. The maximum Gasteiger partial charge on any atom is 0.270 e. The van der Waals surface area contributed by atoms with Crippen molar-refractivity contribution in [1.82, 2.24) is 9.97 Å². The van der Waals surface area contributed by atoms with Gasteiger partial charge < -0.3 is 0 Å². The number of thiazole rings is 1. The van der Waals surface area contributed by atoms with Gasteiger partial charge in [-0.05, 0) is 58.7 Å². The molecule has 0 N–H and O–H groups in total. The van der Waals surface area contributed by atoms with E-state index < -0.39 is 0 Å². The Labute approximate surface area is 177 Å². The number of rotatable bonds is 4. The summed E-state index contributed by atoms with van der Waals surface area (Å²) >= 11 is 12.6. The molecule has 0 aliphatic rings. The average Bonchev–Trinajstić information content (AvgIpc) is 3.30. The zero-order chi connectivity index (χ0) is 19.0. The predicted octanol–water partition coefficient (Wildman–Crippen LogP) is 6.32. The molecule has 1 amide bonds. The largest absolute Gasteiger partial charge is 0.277 e. The van der Waals surface area contributed by atoms with Crippen LogP contribution in [0.2, 0.25) is 5.02 Å². The zero-order valence-corrected chi connectivity index (χ0v) is 18.1. The van der Waals surface area contributed by atoms with Gasteiger partial charge in [-0.25, -0.2) is 4.98 Å². The summed E-state index contributed by atoms with van der Waals surface area (Å²) in [7, 11) is 0. The lowest BCUT2D eigenvalue weighted by Gasteiger charge is -2.18. The highest BCUT2D eigenvalue weighted by Gasteiger charge is 2.24. The fourth-order valence-electron chi connectivity index (χ4n) is 2.65. The molecule has 8 heteroatoms. The fraction of sp³-hybridized carbons (Fsp3) is 0.105. The summed E-state index contributed by atoms with van der Waals surface area (Å²) in [5, 5.41) is 1.25. The molecule has 3 aromatic heterocycles. The van der Waals surface area contributed by atoms with Crippen LogP contribution in [-0.2, 0) is 6.54 Å². The van der Waals surface area contributed by atoms with Crippen molar-refractivity contribution in [2.45, 2.75) is 13.5 Å². The number of hydrogen-bond donors (Lipinski definition) is 0. The van der Waals surface area contributed by atoms with Crippen molar-refractivity contribution in [2.24, 2.45) is 0 Å². The Hall–Kier alpha value is -1.80. The number of aromatic nitrogens is 2. The van der Waals surface area contributed by atoms with Gasteiger partial charge in [-0.15, -0.1) is 11.3 Å². The minimum absolute atomic E-state index is 0.107. The number of benzene rings is 1. The Morgan fingerprint density at radius 3 is 2.70 bits per heavy atom. The van der Waals surface area contributed by atoms with Crippen molar-refractivity contribution in [1.29, 1.82) is 0 Å². The van der Waals surface area contributed by atoms with Gasteiger partial charge in [-0.2, -0.15) is 0 Å². The van der Waals surface area contributed by atoms with Gasteiger partial charge in [-0.1, -0.05) is 35.1 Å². The summed E-state index contributed by atoms with van der Waals surface area (Å²) in [5.74, 6) is -0.107. The number of fused-ring (bicyclic) bond motifs is 1. The standard InChI is InChI=1S/C19H13BrClN3OS2/c1-11-5-6-13(21)17-16(11)23-19(27-17)24(10-12-4-2-3-9-22-12)18(25)14-7-8-15(20)26-14/h2-9H,10H2,1H3. The van der Waals surface area contributed by atoms with E-state index in [1.807, 2.05) is 49.4 Å². The van der Waals surface area contributed by atoms with Crippen LogP contribution in [-0.4, -0.2) is 15.9 Å². The van der Waals surface area contributed by atoms with E-state index in [1.165, 1.54) is 22.7 Å². The molecule has 0 radical (unpaired) electrons. The summed E-state index contributed by atoms with van der Waals surface area (Å²) in [6.45, 7) is 2.33. The van der Waals surface area contributed by atoms with Crippen molar-refractivity contribution in [3.05, 3.63) is 73.6 Å². The van der Waals surface area contributed by atoms with Crippen LogP contribution >= 0.6 is 50.2 Å². The zero-order valence-electron chi connectivity index (χ0n) is 14.1. The van der Waals surface area contributed by atoms with Gasteiger partial charge in [0, 0.05) is 6.20 Å². The fourth-order valence-corrected chi connectivity index (χ4v) is 5.30. The number of aryl methyl sites for hydroxylation is 1. The van der Waals surface area contributed by atoms with E-state index in [2.05, 4.69) is 20.9 Å². The van der Waals surface area contributed by atoms with Crippen molar-refractivity contribution < 1.29 is 4.79 Å². The Morgan fingerprint density at radius 1 is 1.19 bits per heavy atom. The third kappa shape index (κ3) is 3.78. The number of nitrogens with zero attached hydrogens (tertiary/aromatic N) is 3. The lowest BCUT2D eigenvalue weighted by atomic mass is 10.2. The predicted molar refractivity (Wildman–Crippen MR) is 116 cm³/mol. The van der Waals surface area contributed by atoms with E-state index in [1.54, 1.807) is 11.1 Å². The number of amides is 1. The van der Waals surface area contributed by atoms with Crippen molar-refractivity contribution in [2.75, 3.05) is 4.90 Å². The second kappa shape index (κ2) is 7.67. The quantitative estimate of drug-likeness (QED) is 0.344. The van der Waals surface area contributed by atoms with Gasteiger partial charge in [0.2, 0.25) is 0 Å². The number of hydrogen-bond acceptors (Lipinski definition) is 5. The maximum absolute atomic E-state index is 13.2. The number of thiophene rings is 1. The molecule has 4 nitrogen and oxygen atoms in total. The lowest BCUT2D eigenvalue weighted by Crippen LogP contribution is -2.30. The van der Waals surface area contributed by atoms with Crippen molar-refractivity contribution >= 4 is 71.5 Å². The molecule has 27 heavy (non-hydrogen) atoms. The maximum atomic E-state index is 13.2. The Morgan fingerprint density at radius 2 is 2.04 bits per heavy atom. The minimum atomic E-state index is -0.107. The van der Waals surface area contributed by atoms with Crippen LogP contribution in [0, 0.1) is 6.92 Å². The molecule has 0 saturated carbocycles. The average molecular weight is 479 g/mol. The molecule has 0 fully saturated rings. The third-order valence-electron chi connectivity index (χ3n) is 3.99. The van der Waals surface area contributed by atoms with Crippen LogP contribution < -0.4 is 4.90 Å². The molecule has 1 aromatic carbocycles. The molecule has 0 atom stereocenters. The molecule has 0 aliphatic heterocycles. The first-order chi connectivity index (χ1) is 13.0. The van der Waals surface area contributed by atoms with Gasteiger partial charge in [0.25, 0.3) is 5.91 Å². The summed E-state index contributed by atoms with van der Waals surface area (Å²) in [5.41, 5.74) is 2.65. The summed E-state index contributed by atoms with van der Waals surface area (Å²) in [6.07, 6.45) is 1.72. The molecular weight excluding hydrogens is 466 g/mol. The minimum Gasteiger partial charge on any atom is -0.277 e. The summed E-state index contributed by atoms with van der Waals surface area (Å²) in [4.78, 5) is 24.6. The Bertz CT molecular complexity index is 1090. The van der Waals surface area contributed by atoms with Crippen LogP contribution in [0.1, 0.15) is 20.9 Å². The SMILES string of the molecule is Cc1ccc(Cl)c2sc(N(Cc3ccccn3)C(=O)c3ccc(Br)s3)nc12. The normalized spacial score (nSPS) is 11.1. The number of carbonyl (C=O) groups excluding carboxylic acids is 1. The number of anilines is 1. The first-order valence-electron chi connectivity index (χ1n) is 8.05. The van der Waals surface area contributed by atoms with E-state index in [4.69, 9.17) is 16.6 Å².